The van der Waals surface area contributed by atoms with Gasteiger partial charge in [-0.25, -0.2) is 19.3 Å². The number of amides is 1. The summed E-state index contributed by atoms with van der Waals surface area (Å²) in [6.45, 7) is 1.73. The number of hydrogen-bond acceptors (Lipinski definition) is 9. The van der Waals surface area contributed by atoms with Crippen molar-refractivity contribution in [3.63, 3.8) is 0 Å². The van der Waals surface area contributed by atoms with Gasteiger partial charge in [0, 0.05) is 11.0 Å². The molecule has 1 amide bonds. The number of nitrogens with one attached hydrogen (secondary N) is 2. The molecule has 0 atom stereocenters. The van der Waals surface area contributed by atoms with Gasteiger partial charge in [0.25, 0.3) is 0 Å². The Morgan fingerprint density at radius 1 is 1.23 bits per heavy atom. The van der Waals surface area contributed by atoms with Gasteiger partial charge in [0.05, 0.1) is 18.3 Å². The van der Waals surface area contributed by atoms with Gasteiger partial charge in [-0.15, -0.1) is 0 Å². The van der Waals surface area contributed by atoms with Gasteiger partial charge in [-0.05, 0) is 43.0 Å². The van der Waals surface area contributed by atoms with Gasteiger partial charge in [-0.3, -0.25) is 9.89 Å². The summed E-state index contributed by atoms with van der Waals surface area (Å²) >= 11 is 2.53. The zero-order valence-corrected chi connectivity index (χ0v) is 17.1. The molecule has 0 saturated carbocycles. The largest absolute Gasteiger partial charge is 0.360 e. The fourth-order valence-electron chi connectivity index (χ4n) is 2.37. The molecule has 0 aliphatic rings. The van der Waals surface area contributed by atoms with E-state index in [1.807, 2.05) is 0 Å². The lowest BCUT2D eigenvalue weighted by Gasteiger charge is -2.09. The monoisotopic (exact) mass is 443 g/mol. The molecule has 4 aromatic rings. The second-order valence-corrected chi connectivity index (χ2v) is 8.03. The van der Waals surface area contributed by atoms with Crippen molar-refractivity contribution >= 4 is 35.2 Å². The SMILES string of the molecule is Cc1cc(NC(=O)Cc2nc(Sc3ncn[nH]3)cnc2Sc2ccc(F)cc2)no1. The number of aromatic amines is 1. The van der Waals surface area contributed by atoms with Crippen molar-refractivity contribution in [3.05, 3.63) is 60.1 Å². The smallest absolute Gasteiger partial charge is 0.231 e. The van der Waals surface area contributed by atoms with Crippen LogP contribution in [0.1, 0.15) is 11.5 Å². The van der Waals surface area contributed by atoms with E-state index in [1.54, 1.807) is 31.3 Å². The van der Waals surface area contributed by atoms with Crippen molar-refractivity contribution in [2.75, 3.05) is 5.32 Å². The van der Waals surface area contributed by atoms with Gasteiger partial charge in [0.1, 0.15) is 28.0 Å². The average Bonchev–Trinajstić information content (AvgIpc) is 3.37. The predicted molar refractivity (Wildman–Crippen MR) is 107 cm³/mol. The lowest BCUT2D eigenvalue weighted by atomic mass is 10.3. The highest BCUT2D eigenvalue weighted by molar-refractivity contribution is 7.99. The molecule has 0 saturated heterocycles. The summed E-state index contributed by atoms with van der Waals surface area (Å²) in [5.74, 6) is 0.264. The number of rotatable bonds is 7. The molecule has 152 valence electrons. The van der Waals surface area contributed by atoms with E-state index in [-0.39, 0.29) is 18.1 Å². The lowest BCUT2D eigenvalue weighted by molar-refractivity contribution is -0.115. The Morgan fingerprint density at radius 3 is 2.77 bits per heavy atom. The lowest BCUT2D eigenvalue weighted by Crippen LogP contribution is -2.16. The number of anilines is 1. The molecule has 0 aliphatic carbocycles. The first-order valence-corrected chi connectivity index (χ1v) is 10.2. The normalized spacial score (nSPS) is 10.9. The molecule has 9 nitrogen and oxygen atoms in total. The van der Waals surface area contributed by atoms with Gasteiger partial charge < -0.3 is 9.84 Å². The molecule has 0 unspecified atom stereocenters. The molecule has 3 heterocycles. The molecular formula is C18H14FN7O2S2. The molecule has 0 bridgehead atoms. The third-order valence-electron chi connectivity index (χ3n) is 3.63. The van der Waals surface area contributed by atoms with Crippen molar-refractivity contribution in [1.29, 1.82) is 0 Å². The number of H-pyrrole nitrogens is 1. The maximum Gasteiger partial charge on any atom is 0.231 e. The van der Waals surface area contributed by atoms with E-state index >= 15 is 0 Å². The number of benzene rings is 1. The topological polar surface area (TPSA) is 122 Å². The van der Waals surface area contributed by atoms with Crippen molar-refractivity contribution in [2.45, 2.75) is 33.4 Å². The third kappa shape index (κ3) is 5.21. The van der Waals surface area contributed by atoms with Gasteiger partial charge in [-0.2, -0.15) is 5.10 Å². The summed E-state index contributed by atoms with van der Waals surface area (Å²) in [7, 11) is 0. The van der Waals surface area contributed by atoms with Crippen LogP contribution in [0.2, 0.25) is 0 Å². The molecular weight excluding hydrogens is 429 g/mol. The maximum absolute atomic E-state index is 13.2. The fraction of sp³-hybridized carbons (Fsp3) is 0.111. The summed E-state index contributed by atoms with van der Waals surface area (Å²) in [6.07, 6.45) is 2.94. The predicted octanol–water partition coefficient (Wildman–Crippen LogP) is 3.51. The molecule has 0 radical (unpaired) electrons. The molecule has 12 heteroatoms. The minimum Gasteiger partial charge on any atom is -0.360 e. The van der Waals surface area contributed by atoms with E-state index < -0.39 is 0 Å². The van der Waals surface area contributed by atoms with Crippen LogP contribution in [0, 0.1) is 12.7 Å². The number of halogens is 1. The third-order valence-corrected chi connectivity index (χ3v) is 5.47. The van der Waals surface area contributed by atoms with Crippen LogP contribution in [0.15, 0.2) is 67.5 Å². The Balaban J connectivity index is 1.57. The van der Waals surface area contributed by atoms with Gasteiger partial charge >= 0.3 is 0 Å². The van der Waals surface area contributed by atoms with E-state index in [0.29, 0.717) is 32.5 Å². The quantitative estimate of drug-likeness (QED) is 0.442. The second kappa shape index (κ2) is 9.05. The minimum atomic E-state index is -0.327. The highest BCUT2D eigenvalue weighted by Crippen LogP contribution is 2.31. The first-order valence-electron chi connectivity index (χ1n) is 8.61. The Morgan fingerprint density at radius 2 is 2.07 bits per heavy atom. The molecule has 0 aliphatic heterocycles. The number of carbonyl (C=O) groups excluding carboxylic acids is 1. The van der Waals surface area contributed by atoms with Crippen LogP contribution in [-0.2, 0) is 11.2 Å². The van der Waals surface area contributed by atoms with Crippen LogP contribution in [0.5, 0.6) is 0 Å². The molecule has 2 N–H and O–H groups in total. The van der Waals surface area contributed by atoms with Crippen LogP contribution < -0.4 is 5.32 Å². The summed E-state index contributed by atoms with van der Waals surface area (Å²) in [6, 6.07) is 7.63. The van der Waals surface area contributed by atoms with Crippen LogP contribution in [-0.4, -0.2) is 36.2 Å². The number of aryl methyl sites for hydroxylation is 1. The molecule has 0 spiro atoms. The van der Waals surface area contributed by atoms with Crippen molar-refractivity contribution in [2.24, 2.45) is 0 Å². The first kappa shape index (κ1) is 20.0. The molecule has 1 aromatic carbocycles. The fourth-order valence-corrected chi connectivity index (χ4v) is 3.86. The Hall–Kier alpha value is -3.25. The second-order valence-electron chi connectivity index (χ2n) is 5.96. The average molecular weight is 443 g/mol. The van der Waals surface area contributed by atoms with Gasteiger partial charge in [-0.1, -0.05) is 16.9 Å². The standard InChI is InChI=1S/C18H14FN7O2S2/c1-10-6-14(26-28-10)24-15(27)7-13-17(29-12-4-2-11(19)3-5-12)20-8-16(23-13)30-18-21-9-22-25-18/h2-6,8-9H,7H2,1H3,(H,21,22,25)(H,24,26,27). The summed E-state index contributed by atoms with van der Waals surface area (Å²) < 4.78 is 18.2. The van der Waals surface area contributed by atoms with E-state index in [9.17, 15) is 9.18 Å². The Kier molecular flexibility index (Phi) is 6.05. The van der Waals surface area contributed by atoms with Crippen LogP contribution in [0.25, 0.3) is 0 Å². The van der Waals surface area contributed by atoms with E-state index in [4.69, 9.17) is 4.52 Å². The Labute approximate surface area is 178 Å². The zero-order chi connectivity index (χ0) is 20.9. The summed E-state index contributed by atoms with van der Waals surface area (Å²) in [4.78, 5) is 26.3. The van der Waals surface area contributed by atoms with Gasteiger partial charge in [0.15, 0.2) is 11.0 Å². The Bertz CT molecular complexity index is 1150. The van der Waals surface area contributed by atoms with Gasteiger partial charge in [0.2, 0.25) is 5.91 Å². The summed E-state index contributed by atoms with van der Waals surface area (Å²) in [5.41, 5.74) is 0.464. The molecule has 4 rings (SSSR count). The summed E-state index contributed by atoms with van der Waals surface area (Å²) in [5, 5.41) is 14.6. The zero-order valence-electron chi connectivity index (χ0n) is 15.5. The van der Waals surface area contributed by atoms with Crippen molar-refractivity contribution in [3.8, 4) is 0 Å². The van der Waals surface area contributed by atoms with Crippen molar-refractivity contribution < 1.29 is 13.7 Å². The van der Waals surface area contributed by atoms with E-state index in [2.05, 4.69) is 35.6 Å². The van der Waals surface area contributed by atoms with Crippen LogP contribution in [0.3, 0.4) is 0 Å². The molecule has 0 fully saturated rings. The highest BCUT2D eigenvalue weighted by atomic mass is 32.2. The van der Waals surface area contributed by atoms with E-state index in [1.165, 1.54) is 42.0 Å². The number of aromatic nitrogens is 6. The minimum absolute atomic E-state index is 0.0345. The maximum atomic E-state index is 13.2. The number of nitrogens with zero attached hydrogens (tertiary/aromatic N) is 5. The van der Waals surface area contributed by atoms with Crippen LogP contribution in [0.4, 0.5) is 10.2 Å². The highest BCUT2D eigenvalue weighted by Gasteiger charge is 2.16. The van der Waals surface area contributed by atoms with Crippen LogP contribution >= 0.6 is 23.5 Å². The number of carbonyl (C=O) groups is 1. The molecule has 30 heavy (non-hydrogen) atoms. The molecule has 3 aromatic heterocycles. The van der Waals surface area contributed by atoms with E-state index in [0.717, 1.165) is 4.90 Å². The first-order chi connectivity index (χ1) is 14.5. The number of hydrogen-bond donors (Lipinski definition) is 2. The van der Waals surface area contributed by atoms with Crippen molar-refractivity contribution in [1.82, 2.24) is 30.3 Å².